The first-order valence-corrected chi connectivity index (χ1v) is 4.23. The number of esters is 1. The van der Waals surface area contributed by atoms with E-state index in [9.17, 15) is 9.59 Å². The van der Waals surface area contributed by atoms with E-state index < -0.39 is 17.5 Å². The number of carboxylic acid groups (broad SMARTS) is 1. The third-order valence-corrected chi connectivity index (χ3v) is 2.38. The van der Waals surface area contributed by atoms with Crippen molar-refractivity contribution in [2.24, 2.45) is 0 Å². The summed E-state index contributed by atoms with van der Waals surface area (Å²) < 4.78 is 4.88. The van der Waals surface area contributed by atoms with Crippen LogP contribution in [-0.4, -0.2) is 22.6 Å². The summed E-state index contributed by atoms with van der Waals surface area (Å²) in [6.45, 7) is 4.69. The van der Waals surface area contributed by atoms with Crippen LogP contribution in [0.2, 0.25) is 0 Å². The van der Waals surface area contributed by atoms with Crippen molar-refractivity contribution < 1.29 is 19.4 Å². The summed E-state index contributed by atoms with van der Waals surface area (Å²) in [5.41, 5.74) is -0.622. The number of ether oxygens (including phenoxy) is 1. The van der Waals surface area contributed by atoms with Crippen molar-refractivity contribution in [3.8, 4) is 0 Å². The molecule has 0 saturated heterocycles. The zero-order chi connectivity index (χ0) is 10.9. The highest BCUT2D eigenvalue weighted by Crippen LogP contribution is 2.28. The Hall–Kier alpha value is -1.58. The minimum atomic E-state index is -1.52. The summed E-state index contributed by atoms with van der Waals surface area (Å²) >= 11 is 0. The van der Waals surface area contributed by atoms with Crippen LogP contribution >= 0.6 is 0 Å². The maximum atomic E-state index is 11.3. The van der Waals surface area contributed by atoms with E-state index in [0.29, 0.717) is 11.1 Å². The van der Waals surface area contributed by atoms with Gasteiger partial charge in [-0.15, -0.1) is 0 Å². The Balaban J connectivity index is 3.20. The monoisotopic (exact) mass is 196 g/mol. The molecule has 0 saturated carbocycles. The molecule has 1 aliphatic heterocycles. The molecule has 1 rings (SSSR count). The molecule has 14 heavy (non-hydrogen) atoms. The summed E-state index contributed by atoms with van der Waals surface area (Å²) in [5, 5.41) is 8.91. The molecule has 0 aromatic carbocycles. The van der Waals surface area contributed by atoms with Gasteiger partial charge in [0.05, 0.1) is 5.57 Å². The van der Waals surface area contributed by atoms with Crippen LogP contribution < -0.4 is 0 Å². The first-order chi connectivity index (χ1) is 6.41. The van der Waals surface area contributed by atoms with Gasteiger partial charge in [-0.2, -0.15) is 0 Å². The molecule has 1 N–H and O–H groups in total. The van der Waals surface area contributed by atoms with Gasteiger partial charge in [-0.1, -0.05) is 6.08 Å². The standard InChI is InChI=1S/C10H12O4/c1-4-7-5-6(2)10(3,9(12)13)14-8(7)11/h4-5H,1-3H3,(H,12,13)/b7-4-. The fourth-order valence-electron chi connectivity index (χ4n) is 1.17. The Bertz CT molecular complexity index is 351. The number of allylic oxidation sites excluding steroid dienone is 1. The molecule has 1 heterocycles. The molecule has 1 unspecified atom stereocenters. The van der Waals surface area contributed by atoms with E-state index in [1.165, 1.54) is 6.92 Å². The van der Waals surface area contributed by atoms with Crippen molar-refractivity contribution in [1.29, 1.82) is 0 Å². The smallest absolute Gasteiger partial charge is 0.352 e. The number of rotatable bonds is 1. The van der Waals surface area contributed by atoms with Crippen molar-refractivity contribution >= 4 is 11.9 Å². The molecule has 4 nitrogen and oxygen atoms in total. The highest BCUT2D eigenvalue weighted by molar-refractivity contribution is 5.97. The van der Waals surface area contributed by atoms with E-state index in [0.717, 1.165) is 0 Å². The molecule has 0 bridgehead atoms. The molecule has 0 aromatic rings. The van der Waals surface area contributed by atoms with Crippen molar-refractivity contribution in [3.63, 3.8) is 0 Å². The number of aliphatic carboxylic acids is 1. The van der Waals surface area contributed by atoms with Gasteiger partial charge in [0.15, 0.2) is 0 Å². The second-order valence-electron chi connectivity index (χ2n) is 3.30. The van der Waals surface area contributed by atoms with Crippen LogP contribution in [0.1, 0.15) is 20.8 Å². The minimum Gasteiger partial charge on any atom is -0.478 e. The lowest BCUT2D eigenvalue weighted by molar-refractivity contribution is -0.170. The van der Waals surface area contributed by atoms with Crippen LogP contribution in [0.25, 0.3) is 0 Å². The van der Waals surface area contributed by atoms with E-state index in [1.54, 1.807) is 26.0 Å². The lowest BCUT2D eigenvalue weighted by Crippen LogP contribution is -2.44. The van der Waals surface area contributed by atoms with Gasteiger partial charge in [0, 0.05) is 0 Å². The van der Waals surface area contributed by atoms with Crippen LogP contribution in [0, 0.1) is 0 Å². The SMILES string of the molecule is C/C=C1/C=C(C)C(C)(C(=O)O)OC1=O. The number of cyclic esters (lactones) is 1. The number of hydrogen-bond acceptors (Lipinski definition) is 3. The number of carbonyl (C=O) groups is 2. The van der Waals surface area contributed by atoms with Gasteiger partial charge in [-0.25, -0.2) is 9.59 Å². The predicted octanol–water partition coefficient (Wildman–Crippen LogP) is 1.28. The molecule has 0 aliphatic carbocycles. The molecule has 1 atom stereocenters. The van der Waals surface area contributed by atoms with E-state index in [1.807, 2.05) is 0 Å². The third-order valence-electron chi connectivity index (χ3n) is 2.38. The summed E-state index contributed by atoms with van der Waals surface area (Å²) in [6, 6.07) is 0. The van der Waals surface area contributed by atoms with Gasteiger partial charge in [0.2, 0.25) is 5.60 Å². The number of carbonyl (C=O) groups excluding carboxylic acids is 1. The van der Waals surface area contributed by atoms with E-state index >= 15 is 0 Å². The zero-order valence-corrected chi connectivity index (χ0v) is 8.33. The lowest BCUT2D eigenvalue weighted by Gasteiger charge is -2.29. The summed E-state index contributed by atoms with van der Waals surface area (Å²) in [5.74, 6) is -1.75. The molecule has 0 aromatic heterocycles. The topological polar surface area (TPSA) is 63.6 Å². The molecule has 0 radical (unpaired) electrons. The number of hydrogen-bond donors (Lipinski definition) is 1. The summed E-state index contributed by atoms with van der Waals surface area (Å²) in [4.78, 5) is 22.2. The van der Waals surface area contributed by atoms with Gasteiger partial charge in [0.1, 0.15) is 0 Å². The van der Waals surface area contributed by atoms with Crippen LogP contribution in [0.5, 0.6) is 0 Å². The Morgan fingerprint density at radius 2 is 2.21 bits per heavy atom. The molecular weight excluding hydrogens is 184 g/mol. The van der Waals surface area contributed by atoms with Gasteiger partial charge in [-0.05, 0) is 32.4 Å². The molecular formula is C10H12O4. The van der Waals surface area contributed by atoms with Gasteiger partial charge < -0.3 is 9.84 Å². The van der Waals surface area contributed by atoms with Crippen LogP contribution in [0.15, 0.2) is 23.3 Å². The Morgan fingerprint density at radius 3 is 2.64 bits per heavy atom. The van der Waals surface area contributed by atoms with Crippen molar-refractivity contribution in [2.75, 3.05) is 0 Å². The van der Waals surface area contributed by atoms with Crippen LogP contribution in [0.4, 0.5) is 0 Å². The minimum absolute atomic E-state index is 0.390. The predicted molar refractivity (Wildman–Crippen MR) is 49.6 cm³/mol. The Labute approximate surface area is 81.9 Å². The Morgan fingerprint density at radius 1 is 1.64 bits per heavy atom. The first kappa shape index (κ1) is 10.5. The molecule has 0 spiro atoms. The van der Waals surface area contributed by atoms with E-state index in [2.05, 4.69) is 0 Å². The van der Waals surface area contributed by atoms with Gasteiger partial charge in [0.25, 0.3) is 0 Å². The van der Waals surface area contributed by atoms with Crippen molar-refractivity contribution in [2.45, 2.75) is 26.4 Å². The second-order valence-corrected chi connectivity index (χ2v) is 3.30. The summed E-state index contributed by atoms with van der Waals surface area (Å²) in [7, 11) is 0. The third kappa shape index (κ3) is 1.43. The Kier molecular flexibility index (Phi) is 2.47. The molecule has 76 valence electrons. The van der Waals surface area contributed by atoms with Crippen LogP contribution in [-0.2, 0) is 14.3 Å². The summed E-state index contributed by atoms with van der Waals surface area (Å²) in [6.07, 6.45) is 3.13. The molecule has 4 heteroatoms. The van der Waals surface area contributed by atoms with E-state index in [4.69, 9.17) is 9.84 Å². The quantitative estimate of drug-likeness (QED) is 0.507. The molecule has 0 amide bonds. The number of carboxylic acids is 1. The highest BCUT2D eigenvalue weighted by Gasteiger charge is 2.42. The molecule has 0 fully saturated rings. The highest BCUT2D eigenvalue weighted by atomic mass is 16.6. The van der Waals surface area contributed by atoms with Gasteiger partial charge in [-0.3, -0.25) is 0 Å². The average molecular weight is 196 g/mol. The maximum Gasteiger partial charge on any atom is 0.352 e. The second kappa shape index (κ2) is 3.29. The lowest BCUT2D eigenvalue weighted by atomic mass is 9.92. The normalized spacial score (nSPS) is 29.8. The van der Waals surface area contributed by atoms with Crippen LogP contribution in [0.3, 0.4) is 0 Å². The fraction of sp³-hybridized carbons (Fsp3) is 0.400. The largest absolute Gasteiger partial charge is 0.478 e. The van der Waals surface area contributed by atoms with Gasteiger partial charge >= 0.3 is 11.9 Å². The first-order valence-electron chi connectivity index (χ1n) is 4.23. The molecule has 1 aliphatic rings. The van der Waals surface area contributed by atoms with Crippen molar-refractivity contribution in [1.82, 2.24) is 0 Å². The maximum absolute atomic E-state index is 11.3. The zero-order valence-electron chi connectivity index (χ0n) is 8.33. The fourth-order valence-corrected chi connectivity index (χ4v) is 1.17. The van der Waals surface area contributed by atoms with Crippen molar-refractivity contribution in [3.05, 3.63) is 23.3 Å². The average Bonchev–Trinajstić information content (AvgIpc) is 2.11. The van der Waals surface area contributed by atoms with E-state index in [-0.39, 0.29) is 0 Å².